The Labute approximate surface area is 158 Å². The fraction of sp³-hybridized carbons (Fsp3) is 0.250. The molecule has 0 spiro atoms. The fourth-order valence-electron chi connectivity index (χ4n) is 3.05. The first-order valence-corrected chi connectivity index (χ1v) is 8.63. The van der Waals surface area contributed by atoms with Gasteiger partial charge < -0.3 is 15.4 Å². The third kappa shape index (κ3) is 4.33. The smallest absolute Gasteiger partial charge is 0.260 e. The van der Waals surface area contributed by atoms with Gasteiger partial charge in [-0.05, 0) is 60.0 Å². The molecule has 0 bridgehead atoms. The summed E-state index contributed by atoms with van der Waals surface area (Å²) in [7, 11) is 0. The second-order valence-corrected chi connectivity index (χ2v) is 6.37. The highest BCUT2D eigenvalue weighted by atomic mass is 19.3. The molecule has 0 fully saturated rings. The van der Waals surface area contributed by atoms with E-state index in [9.17, 15) is 22.4 Å². The van der Waals surface area contributed by atoms with Crippen molar-refractivity contribution >= 4 is 16.8 Å². The molecular formula is C20H18F4N2O2. The van der Waals surface area contributed by atoms with Gasteiger partial charge in [0.15, 0.2) is 0 Å². The van der Waals surface area contributed by atoms with E-state index in [1.807, 2.05) is 0 Å². The minimum Gasteiger partial charge on any atom is -0.394 e. The number of benzene rings is 2. The van der Waals surface area contributed by atoms with E-state index in [4.69, 9.17) is 5.11 Å². The topological polar surface area (TPSA) is 65.1 Å². The molecule has 0 radical (unpaired) electrons. The van der Waals surface area contributed by atoms with E-state index in [2.05, 4.69) is 10.3 Å². The van der Waals surface area contributed by atoms with Crippen molar-refractivity contribution in [3.05, 3.63) is 59.7 Å². The van der Waals surface area contributed by atoms with Crippen LogP contribution >= 0.6 is 0 Å². The number of halogens is 4. The Morgan fingerprint density at radius 2 is 1.75 bits per heavy atom. The zero-order valence-electron chi connectivity index (χ0n) is 14.7. The van der Waals surface area contributed by atoms with Crippen LogP contribution in [0.5, 0.6) is 0 Å². The first-order chi connectivity index (χ1) is 13.4. The summed E-state index contributed by atoms with van der Waals surface area (Å²) in [6.07, 6.45) is -2.88. The molecule has 0 unspecified atom stereocenters. The molecule has 0 saturated carbocycles. The molecule has 0 aliphatic carbocycles. The summed E-state index contributed by atoms with van der Waals surface area (Å²) in [6, 6.07) is 8.21. The van der Waals surface area contributed by atoms with E-state index in [0.717, 1.165) is 0 Å². The molecule has 4 nitrogen and oxygen atoms in total. The zero-order valence-corrected chi connectivity index (χ0v) is 14.7. The van der Waals surface area contributed by atoms with Gasteiger partial charge in [-0.15, -0.1) is 0 Å². The van der Waals surface area contributed by atoms with Gasteiger partial charge in [0.25, 0.3) is 6.43 Å². The molecular weight excluding hydrogens is 376 g/mol. The Morgan fingerprint density at radius 1 is 1.07 bits per heavy atom. The number of nitrogens with one attached hydrogen (secondary N) is 2. The van der Waals surface area contributed by atoms with E-state index in [0.29, 0.717) is 27.7 Å². The Hall–Kier alpha value is -2.87. The van der Waals surface area contributed by atoms with E-state index < -0.39 is 36.6 Å². The molecule has 28 heavy (non-hydrogen) atoms. The summed E-state index contributed by atoms with van der Waals surface area (Å²) in [6.45, 7) is -0.872. The van der Waals surface area contributed by atoms with Crippen LogP contribution in [-0.4, -0.2) is 35.1 Å². The highest BCUT2D eigenvalue weighted by Crippen LogP contribution is 2.32. The summed E-state index contributed by atoms with van der Waals surface area (Å²) < 4.78 is 52.4. The quantitative estimate of drug-likeness (QED) is 0.534. The molecule has 3 rings (SSSR count). The number of aryl methyl sites for hydroxylation is 1. The molecule has 0 aliphatic rings. The lowest BCUT2D eigenvalue weighted by Crippen LogP contribution is -2.42. The number of aromatic amines is 1. The summed E-state index contributed by atoms with van der Waals surface area (Å²) in [5.74, 6) is -1.52. The van der Waals surface area contributed by atoms with Crippen LogP contribution in [-0.2, 0) is 11.2 Å². The lowest BCUT2D eigenvalue weighted by Gasteiger charge is -2.15. The Kier molecular flexibility index (Phi) is 5.99. The van der Waals surface area contributed by atoms with Gasteiger partial charge in [-0.3, -0.25) is 4.79 Å². The third-order valence-corrected chi connectivity index (χ3v) is 4.45. The van der Waals surface area contributed by atoms with E-state index in [1.165, 1.54) is 24.3 Å². The van der Waals surface area contributed by atoms with Crippen LogP contribution in [0.2, 0.25) is 0 Å². The maximum atomic E-state index is 13.7. The van der Waals surface area contributed by atoms with Gasteiger partial charge in [-0.2, -0.15) is 0 Å². The van der Waals surface area contributed by atoms with E-state index in [1.54, 1.807) is 18.2 Å². The van der Waals surface area contributed by atoms with Crippen LogP contribution in [0.15, 0.2) is 42.5 Å². The number of fused-ring (bicyclic) bond motifs is 1. The summed E-state index contributed by atoms with van der Waals surface area (Å²) in [5.41, 5.74) is 2.50. The van der Waals surface area contributed by atoms with Crippen molar-refractivity contribution in [2.24, 2.45) is 0 Å². The SMILES string of the molecule is O=C(CCc1c(-c2ccc(F)cc2)[nH]c2ccc(F)cc12)N[C@@H](CO)C(F)F. The number of carbonyl (C=O) groups is 1. The number of H-pyrrole nitrogens is 1. The number of aliphatic hydroxyl groups is 1. The molecule has 0 saturated heterocycles. The minimum atomic E-state index is -2.88. The van der Waals surface area contributed by atoms with Crippen molar-refractivity contribution in [2.45, 2.75) is 25.3 Å². The number of carbonyl (C=O) groups excluding carboxylic acids is 1. The van der Waals surface area contributed by atoms with Crippen LogP contribution in [0.1, 0.15) is 12.0 Å². The predicted molar refractivity (Wildman–Crippen MR) is 97.0 cm³/mol. The van der Waals surface area contributed by atoms with Gasteiger partial charge >= 0.3 is 0 Å². The van der Waals surface area contributed by atoms with Crippen molar-refractivity contribution in [1.29, 1.82) is 0 Å². The third-order valence-electron chi connectivity index (χ3n) is 4.45. The standard InChI is InChI=1S/C20H18F4N2O2/c21-12-3-1-11(2-4-12)19-14(15-9-13(22)5-7-16(15)26-19)6-8-18(28)25-17(10-27)20(23)24/h1-5,7,9,17,20,26-27H,6,8,10H2,(H,25,28)/t17-/m0/s1. The fourth-order valence-corrected chi connectivity index (χ4v) is 3.05. The normalized spacial score (nSPS) is 12.5. The van der Waals surface area contributed by atoms with Crippen molar-refractivity contribution in [3.8, 4) is 11.3 Å². The summed E-state index contributed by atoms with van der Waals surface area (Å²) >= 11 is 0. The Balaban J connectivity index is 1.90. The first-order valence-electron chi connectivity index (χ1n) is 8.63. The number of aliphatic hydroxyl groups excluding tert-OH is 1. The minimum absolute atomic E-state index is 0.138. The molecule has 3 aromatic rings. The van der Waals surface area contributed by atoms with Crippen molar-refractivity contribution in [1.82, 2.24) is 10.3 Å². The molecule has 2 aromatic carbocycles. The van der Waals surface area contributed by atoms with Gasteiger partial charge in [-0.1, -0.05) is 0 Å². The lowest BCUT2D eigenvalue weighted by atomic mass is 10.0. The monoisotopic (exact) mass is 394 g/mol. The highest BCUT2D eigenvalue weighted by Gasteiger charge is 2.22. The maximum absolute atomic E-state index is 13.7. The first kappa shape index (κ1) is 19.9. The number of alkyl halides is 2. The van der Waals surface area contributed by atoms with Crippen LogP contribution in [0.4, 0.5) is 17.6 Å². The number of hydrogen-bond acceptors (Lipinski definition) is 2. The second kappa shape index (κ2) is 8.43. The van der Waals surface area contributed by atoms with Gasteiger partial charge in [-0.25, -0.2) is 17.6 Å². The van der Waals surface area contributed by atoms with Crippen molar-refractivity contribution in [2.75, 3.05) is 6.61 Å². The highest BCUT2D eigenvalue weighted by molar-refractivity contribution is 5.91. The largest absolute Gasteiger partial charge is 0.394 e. The summed E-state index contributed by atoms with van der Waals surface area (Å²) in [4.78, 5) is 15.2. The second-order valence-electron chi connectivity index (χ2n) is 6.37. The number of rotatable bonds is 7. The van der Waals surface area contributed by atoms with E-state index >= 15 is 0 Å². The van der Waals surface area contributed by atoms with Crippen LogP contribution < -0.4 is 5.32 Å². The van der Waals surface area contributed by atoms with Crippen LogP contribution in [0.25, 0.3) is 22.2 Å². The Bertz CT molecular complexity index is 970. The van der Waals surface area contributed by atoms with Crippen molar-refractivity contribution in [3.63, 3.8) is 0 Å². The predicted octanol–water partition coefficient (Wildman–Crippen LogP) is 3.79. The molecule has 1 atom stereocenters. The number of amides is 1. The summed E-state index contributed by atoms with van der Waals surface area (Å²) in [5, 5.41) is 11.5. The van der Waals surface area contributed by atoms with E-state index in [-0.39, 0.29) is 12.8 Å². The Morgan fingerprint density at radius 3 is 2.39 bits per heavy atom. The number of aromatic nitrogens is 1. The van der Waals surface area contributed by atoms with Crippen molar-refractivity contribution < 1.29 is 27.5 Å². The molecule has 1 aromatic heterocycles. The number of hydrogen-bond donors (Lipinski definition) is 3. The van der Waals surface area contributed by atoms with Gasteiger partial charge in [0, 0.05) is 23.0 Å². The zero-order chi connectivity index (χ0) is 20.3. The lowest BCUT2D eigenvalue weighted by molar-refractivity contribution is -0.123. The molecule has 148 valence electrons. The molecule has 1 heterocycles. The average Bonchev–Trinajstić information content (AvgIpc) is 3.02. The molecule has 3 N–H and O–H groups in total. The van der Waals surface area contributed by atoms with Gasteiger partial charge in [0.2, 0.25) is 5.91 Å². The average molecular weight is 394 g/mol. The van der Waals surface area contributed by atoms with Crippen LogP contribution in [0.3, 0.4) is 0 Å². The molecule has 0 aliphatic heterocycles. The van der Waals surface area contributed by atoms with Gasteiger partial charge in [0.05, 0.1) is 6.61 Å². The van der Waals surface area contributed by atoms with Crippen LogP contribution in [0, 0.1) is 11.6 Å². The maximum Gasteiger partial charge on any atom is 0.260 e. The van der Waals surface area contributed by atoms with Gasteiger partial charge in [0.1, 0.15) is 17.7 Å². The molecule has 1 amide bonds. The molecule has 8 heteroatoms.